The van der Waals surface area contributed by atoms with Gasteiger partial charge >= 0.3 is 6.03 Å². The van der Waals surface area contributed by atoms with Crippen LogP contribution in [0.4, 0.5) is 16.2 Å². The number of benzene rings is 2. The Balaban J connectivity index is 1.67. The summed E-state index contributed by atoms with van der Waals surface area (Å²) in [4.78, 5) is 16.7. The fourth-order valence-corrected chi connectivity index (χ4v) is 2.89. The minimum Gasteiger partial charge on any atom is -0.371 e. The van der Waals surface area contributed by atoms with Crippen LogP contribution in [-0.2, 0) is 0 Å². The second kappa shape index (κ2) is 7.57. The molecule has 3 rings (SSSR count). The number of aliphatic imine (C=N–C) groups is 1. The summed E-state index contributed by atoms with van der Waals surface area (Å²) in [5.41, 5.74) is 3.46. The van der Waals surface area contributed by atoms with Gasteiger partial charge in [0.25, 0.3) is 0 Å². The predicted molar refractivity (Wildman–Crippen MR) is 104 cm³/mol. The number of anilines is 2. The molecular weight excluding hydrogens is 336 g/mol. The molecule has 1 aliphatic heterocycles. The van der Waals surface area contributed by atoms with Gasteiger partial charge in [0.05, 0.1) is 6.54 Å². The number of amides is 2. The fraction of sp³-hybridized carbons (Fsp3) is 0.263. The smallest absolute Gasteiger partial charge is 0.323 e. The highest BCUT2D eigenvalue weighted by Crippen LogP contribution is 2.22. The quantitative estimate of drug-likeness (QED) is 0.760. The molecule has 3 N–H and O–H groups in total. The van der Waals surface area contributed by atoms with Crippen molar-refractivity contribution in [1.29, 1.82) is 0 Å². The highest BCUT2D eigenvalue weighted by atomic mass is 35.5. The molecule has 0 fully saturated rings. The first-order valence-corrected chi connectivity index (χ1v) is 8.63. The molecule has 130 valence electrons. The van der Waals surface area contributed by atoms with E-state index in [9.17, 15) is 4.79 Å². The summed E-state index contributed by atoms with van der Waals surface area (Å²) in [6, 6.07) is 12.9. The van der Waals surface area contributed by atoms with Gasteiger partial charge in [0, 0.05) is 28.9 Å². The van der Waals surface area contributed by atoms with Crippen molar-refractivity contribution in [3.05, 3.63) is 58.6 Å². The van der Waals surface area contributed by atoms with Gasteiger partial charge in [0.15, 0.2) is 0 Å². The molecule has 0 saturated carbocycles. The Hall–Kier alpha value is -2.53. The van der Waals surface area contributed by atoms with E-state index in [1.165, 1.54) is 0 Å². The van der Waals surface area contributed by atoms with Gasteiger partial charge < -0.3 is 16.0 Å². The third kappa shape index (κ3) is 4.31. The average Bonchev–Trinajstić information content (AvgIpc) is 3.12. The Morgan fingerprint density at radius 1 is 1.20 bits per heavy atom. The van der Waals surface area contributed by atoms with Crippen molar-refractivity contribution < 1.29 is 4.79 Å². The molecule has 2 aromatic carbocycles. The van der Waals surface area contributed by atoms with E-state index < -0.39 is 0 Å². The summed E-state index contributed by atoms with van der Waals surface area (Å²) in [6.45, 7) is 5.73. The SMILES string of the molecule is Cc1ccc(NC(=O)Nc2cccc(C(C)C3=NCCN3)c2)cc1Cl. The van der Waals surface area contributed by atoms with E-state index in [-0.39, 0.29) is 11.9 Å². The van der Waals surface area contributed by atoms with Crippen molar-refractivity contribution in [2.24, 2.45) is 4.99 Å². The molecule has 1 aliphatic rings. The summed E-state index contributed by atoms with van der Waals surface area (Å²) in [5.74, 6) is 1.17. The second-order valence-corrected chi connectivity index (χ2v) is 6.49. The maximum atomic E-state index is 12.2. The third-order valence-electron chi connectivity index (χ3n) is 4.18. The van der Waals surface area contributed by atoms with Gasteiger partial charge in [-0.3, -0.25) is 4.99 Å². The van der Waals surface area contributed by atoms with Crippen LogP contribution in [0.25, 0.3) is 0 Å². The molecular formula is C19H21ClN4O. The lowest BCUT2D eigenvalue weighted by Crippen LogP contribution is -2.24. The number of carbonyl (C=O) groups is 1. The average molecular weight is 357 g/mol. The Labute approximate surface area is 152 Å². The largest absolute Gasteiger partial charge is 0.371 e. The number of nitrogens with one attached hydrogen (secondary N) is 3. The van der Waals surface area contributed by atoms with Gasteiger partial charge in [-0.15, -0.1) is 0 Å². The molecule has 0 bridgehead atoms. The van der Waals surface area contributed by atoms with Crippen LogP contribution >= 0.6 is 11.6 Å². The van der Waals surface area contributed by atoms with Crippen molar-refractivity contribution in [2.45, 2.75) is 19.8 Å². The first kappa shape index (κ1) is 17.3. The molecule has 2 aromatic rings. The van der Waals surface area contributed by atoms with Crippen molar-refractivity contribution >= 4 is 34.8 Å². The van der Waals surface area contributed by atoms with Gasteiger partial charge in [0.1, 0.15) is 5.84 Å². The van der Waals surface area contributed by atoms with Crippen LogP contribution in [0.15, 0.2) is 47.5 Å². The number of halogens is 1. The van der Waals surface area contributed by atoms with Gasteiger partial charge in [-0.1, -0.05) is 36.7 Å². The van der Waals surface area contributed by atoms with Gasteiger partial charge in [-0.05, 0) is 42.3 Å². The lowest BCUT2D eigenvalue weighted by molar-refractivity contribution is 0.262. The van der Waals surface area contributed by atoms with Gasteiger partial charge in [-0.2, -0.15) is 0 Å². The highest BCUT2D eigenvalue weighted by Gasteiger charge is 2.16. The van der Waals surface area contributed by atoms with Crippen LogP contribution in [0.5, 0.6) is 0 Å². The van der Waals surface area contributed by atoms with Crippen molar-refractivity contribution in [3.8, 4) is 0 Å². The molecule has 1 atom stereocenters. The van der Waals surface area contributed by atoms with E-state index in [0.29, 0.717) is 10.7 Å². The number of rotatable bonds is 4. The minimum absolute atomic E-state index is 0.170. The van der Waals surface area contributed by atoms with E-state index in [2.05, 4.69) is 27.9 Å². The van der Waals surface area contributed by atoms with E-state index in [4.69, 9.17) is 11.6 Å². The molecule has 5 nitrogen and oxygen atoms in total. The number of carbonyl (C=O) groups excluding carboxylic acids is 1. The number of amidine groups is 1. The molecule has 0 aliphatic carbocycles. The lowest BCUT2D eigenvalue weighted by atomic mass is 9.99. The van der Waals surface area contributed by atoms with E-state index >= 15 is 0 Å². The van der Waals surface area contributed by atoms with Crippen molar-refractivity contribution in [3.63, 3.8) is 0 Å². The summed E-state index contributed by atoms with van der Waals surface area (Å²) >= 11 is 6.09. The van der Waals surface area contributed by atoms with Crippen molar-refractivity contribution in [1.82, 2.24) is 5.32 Å². The maximum absolute atomic E-state index is 12.2. The summed E-state index contributed by atoms with van der Waals surface area (Å²) in [5, 5.41) is 9.57. The Morgan fingerprint density at radius 2 is 1.96 bits per heavy atom. The molecule has 0 radical (unpaired) electrons. The predicted octanol–water partition coefficient (Wildman–Crippen LogP) is 4.40. The van der Waals surface area contributed by atoms with E-state index in [1.807, 2.05) is 43.3 Å². The van der Waals surface area contributed by atoms with Crippen LogP contribution in [0.3, 0.4) is 0 Å². The second-order valence-electron chi connectivity index (χ2n) is 6.08. The number of hydrogen-bond donors (Lipinski definition) is 3. The summed E-state index contributed by atoms with van der Waals surface area (Å²) < 4.78 is 0. The van der Waals surface area contributed by atoms with Crippen molar-refractivity contribution in [2.75, 3.05) is 23.7 Å². The lowest BCUT2D eigenvalue weighted by Gasteiger charge is -2.14. The molecule has 0 aromatic heterocycles. The molecule has 25 heavy (non-hydrogen) atoms. The summed E-state index contributed by atoms with van der Waals surface area (Å²) in [7, 11) is 0. The number of hydrogen-bond acceptors (Lipinski definition) is 3. The molecule has 1 unspecified atom stereocenters. The third-order valence-corrected chi connectivity index (χ3v) is 4.59. The Morgan fingerprint density at radius 3 is 2.64 bits per heavy atom. The molecule has 0 spiro atoms. The zero-order valence-corrected chi connectivity index (χ0v) is 15.0. The Kier molecular flexibility index (Phi) is 5.24. The number of nitrogens with zero attached hydrogens (tertiary/aromatic N) is 1. The molecule has 2 amide bonds. The van der Waals surface area contributed by atoms with Crippen LogP contribution < -0.4 is 16.0 Å². The Bertz CT molecular complexity index is 819. The zero-order valence-electron chi connectivity index (χ0n) is 14.3. The molecule has 1 heterocycles. The highest BCUT2D eigenvalue weighted by molar-refractivity contribution is 6.31. The van der Waals surface area contributed by atoms with Gasteiger partial charge in [0.2, 0.25) is 0 Å². The van der Waals surface area contributed by atoms with Crippen LogP contribution in [0, 0.1) is 6.92 Å². The van der Waals surface area contributed by atoms with Crippen LogP contribution in [-0.4, -0.2) is 25.0 Å². The van der Waals surface area contributed by atoms with Crippen LogP contribution in [0.1, 0.15) is 24.0 Å². The monoisotopic (exact) mass is 356 g/mol. The first-order chi connectivity index (χ1) is 12.0. The van der Waals surface area contributed by atoms with Crippen LogP contribution in [0.2, 0.25) is 5.02 Å². The number of aryl methyl sites for hydroxylation is 1. The van der Waals surface area contributed by atoms with E-state index in [0.717, 1.165) is 35.7 Å². The maximum Gasteiger partial charge on any atom is 0.323 e. The number of urea groups is 1. The fourth-order valence-electron chi connectivity index (χ4n) is 2.71. The molecule has 0 saturated heterocycles. The topological polar surface area (TPSA) is 65.5 Å². The first-order valence-electron chi connectivity index (χ1n) is 8.25. The van der Waals surface area contributed by atoms with E-state index in [1.54, 1.807) is 6.07 Å². The standard InChI is InChI=1S/C19H21ClN4O/c1-12-6-7-16(11-17(12)20)24-19(25)23-15-5-3-4-14(10-15)13(2)18-21-8-9-22-18/h3-7,10-11,13H,8-9H2,1-2H3,(H,21,22)(H2,23,24,25). The normalized spacial score (nSPS) is 14.4. The minimum atomic E-state index is -0.305. The summed E-state index contributed by atoms with van der Waals surface area (Å²) in [6.07, 6.45) is 0. The van der Waals surface area contributed by atoms with Gasteiger partial charge in [-0.25, -0.2) is 4.79 Å². The zero-order chi connectivity index (χ0) is 17.8. The molecule has 6 heteroatoms.